The summed E-state index contributed by atoms with van der Waals surface area (Å²) < 4.78 is 6.66. The number of nitrogens with zero attached hydrogens (tertiary/aromatic N) is 2. The molecule has 0 unspecified atom stereocenters. The van der Waals surface area contributed by atoms with Gasteiger partial charge >= 0.3 is 5.82 Å². The van der Waals surface area contributed by atoms with E-state index in [1.165, 1.54) is 10.8 Å². The SMILES string of the molecule is CC(C)c1nsc(C(C)C)[n+]1C. The van der Waals surface area contributed by atoms with E-state index in [1.54, 1.807) is 11.5 Å². The van der Waals surface area contributed by atoms with Crippen LogP contribution in [0.2, 0.25) is 0 Å². The second-order valence-electron chi connectivity index (χ2n) is 3.75. The van der Waals surface area contributed by atoms with Gasteiger partial charge in [0.2, 0.25) is 5.01 Å². The fraction of sp³-hybridized carbons (Fsp3) is 0.778. The van der Waals surface area contributed by atoms with Gasteiger partial charge in [0.05, 0.1) is 13.0 Å². The molecule has 0 spiro atoms. The van der Waals surface area contributed by atoms with Gasteiger partial charge in [-0.05, 0) is 0 Å². The van der Waals surface area contributed by atoms with Crippen LogP contribution in [0.15, 0.2) is 0 Å². The van der Waals surface area contributed by atoms with E-state index in [0.29, 0.717) is 11.8 Å². The summed E-state index contributed by atoms with van der Waals surface area (Å²) in [5.74, 6) is 2.31. The van der Waals surface area contributed by atoms with Crippen LogP contribution >= 0.6 is 11.5 Å². The van der Waals surface area contributed by atoms with Crippen LogP contribution < -0.4 is 4.57 Å². The molecule has 0 atom stereocenters. The summed E-state index contributed by atoms with van der Waals surface area (Å²) >= 11 is 1.63. The molecule has 3 heteroatoms. The van der Waals surface area contributed by atoms with Crippen LogP contribution in [0, 0.1) is 0 Å². The van der Waals surface area contributed by atoms with Crippen LogP contribution in [0.3, 0.4) is 0 Å². The highest BCUT2D eigenvalue weighted by molar-refractivity contribution is 7.05. The van der Waals surface area contributed by atoms with Gasteiger partial charge in [0.1, 0.15) is 11.5 Å². The van der Waals surface area contributed by atoms with Gasteiger partial charge in [0.25, 0.3) is 0 Å². The van der Waals surface area contributed by atoms with Gasteiger partial charge in [-0.1, -0.05) is 27.7 Å². The Hall–Kier alpha value is -0.440. The quantitative estimate of drug-likeness (QED) is 0.646. The molecule has 0 bridgehead atoms. The molecule has 1 aromatic rings. The van der Waals surface area contributed by atoms with Gasteiger partial charge < -0.3 is 0 Å². The Labute approximate surface area is 78.4 Å². The summed E-state index contributed by atoms with van der Waals surface area (Å²) in [5, 5.41) is 1.36. The van der Waals surface area contributed by atoms with Crippen molar-refractivity contribution in [3.63, 3.8) is 0 Å². The van der Waals surface area contributed by atoms with Crippen molar-refractivity contribution in [1.82, 2.24) is 4.37 Å². The highest BCUT2D eigenvalue weighted by Crippen LogP contribution is 2.17. The Morgan fingerprint density at radius 3 is 2.00 bits per heavy atom. The molecule has 0 amide bonds. The smallest absolute Gasteiger partial charge is 0.221 e. The molecule has 0 aliphatic heterocycles. The van der Waals surface area contributed by atoms with Crippen molar-refractivity contribution >= 4 is 11.5 Å². The van der Waals surface area contributed by atoms with E-state index < -0.39 is 0 Å². The standard InChI is InChI=1S/C9H17N2S/c1-6(2)8-10-12-9(7(3)4)11(8)5/h6-7H,1-5H3/q+1. The second kappa shape index (κ2) is 3.52. The Balaban J connectivity index is 3.04. The summed E-state index contributed by atoms with van der Waals surface area (Å²) in [6.45, 7) is 8.77. The van der Waals surface area contributed by atoms with Crippen molar-refractivity contribution in [3.05, 3.63) is 10.8 Å². The molecule has 1 rings (SSSR count). The third-order valence-corrected chi connectivity index (χ3v) is 3.13. The molecule has 2 nitrogen and oxygen atoms in total. The van der Waals surface area contributed by atoms with Gasteiger partial charge in [0.15, 0.2) is 0 Å². The van der Waals surface area contributed by atoms with Crippen molar-refractivity contribution in [2.45, 2.75) is 39.5 Å². The highest BCUT2D eigenvalue weighted by atomic mass is 32.1. The first-order valence-corrected chi connectivity index (χ1v) is 5.16. The predicted molar refractivity (Wildman–Crippen MR) is 51.5 cm³/mol. The molecule has 0 saturated heterocycles. The van der Waals surface area contributed by atoms with Crippen molar-refractivity contribution in [3.8, 4) is 0 Å². The average Bonchev–Trinajstić information content (AvgIpc) is 2.30. The van der Waals surface area contributed by atoms with Crippen LogP contribution in [0.25, 0.3) is 0 Å². The minimum absolute atomic E-state index is 0.527. The number of rotatable bonds is 2. The molecular weight excluding hydrogens is 168 g/mol. The Morgan fingerprint density at radius 1 is 1.17 bits per heavy atom. The van der Waals surface area contributed by atoms with Crippen molar-refractivity contribution in [2.24, 2.45) is 7.05 Å². The summed E-state index contributed by atoms with van der Waals surface area (Å²) in [4.78, 5) is 0. The summed E-state index contributed by atoms with van der Waals surface area (Å²) in [7, 11) is 2.11. The first kappa shape index (κ1) is 9.65. The molecule has 0 aliphatic carbocycles. The van der Waals surface area contributed by atoms with E-state index >= 15 is 0 Å². The van der Waals surface area contributed by atoms with Gasteiger partial charge in [0, 0.05) is 10.3 Å². The first-order valence-electron chi connectivity index (χ1n) is 4.39. The van der Waals surface area contributed by atoms with Gasteiger partial charge in [-0.25, -0.2) is 4.57 Å². The number of hydrogen-bond acceptors (Lipinski definition) is 2. The zero-order chi connectivity index (χ0) is 9.30. The predicted octanol–water partition coefficient (Wildman–Crippen LogP) is 2.21. The molecule has 0 N–H and O–H groups in total. The van der Waals surface area contributed by atoms with Crippen LogP contribution in [0.5, 0.6) is 0 Å². The lowest BCUT2D eigenvalue weighted by atomic mass is 10.2. The molecule has 1 heterocycles. The molecule has 1 aromatic heterocycles. The molecule has 0 saturated carbocycles. The van der Waals surface area contributed by atoms with E-state index in [9.17, 15) is 0 Å². The lowest BCUT2D eigenvalue weighted by molar-refractivity contribution is -0.685. The molecule has 0 aliphatic rings. The molecule has 12 heavy (non-hydrogen) atoms. The third-order valence-electron chi connectivity index (χ3n) is 1.92. The lowest BCUT2D eigenvalue weighted by Gasteiger charge is -1.99. The summed E-state index contributed by atoms with van der Waals surface area (Å²) in [5.41, 5.74) is 0. The average molecular weight is 185 g/mol. The van der Waals surface area contributed by atoms with Gasteiger partial charge in [-0.2, -0.15) is 0 Å². The molecule has 68 valence electrons. The lowest BCUT2D eigenvalue weighted by Crippen LogP contribution is -2.36. The topological polar surface area (TPSA) is 16.8 Å². The Morgan fingerprint density at radius 2 is 1.75 bits per heavy atom. The molecule has 0 radical (unpaired) electrons. The second-order valence-corrected chi connectivity index (χ2v) is 4.53. The van der Waals surface area contributed by atoms with E-state index in [4.69, 9.17) is 0 Å². The first-order chi connectivity index (χ1) is 5.54. The molecular formula is C9H17N2S+. The maximum absolute atomic E-state index is 4.44. The number of hydrogen-bond donors (Lipinski definition) is 0. The molecule has 0 aromatic carbocycles. The van der Waals surface area contributed by atoms with E-state index in [-0.39, 0.29) is 0 Å². The minimum Gasteiger partial charge on any atom is -0.221 e. The third kappa shape index (κ3) is 1.66. The van der Waals surface area contributed by atoms with Crippen molar-refractivity contribution in [2.75, 3.05) is 0 Å². The normalized spacial score (nSPS) is 11.6. The van der Waals surface area contributed by atoms with Crippen molar-refractivity contribution < 1.29 is 4.57 Å². The molecule has 0 fully saturated rings. The fourth-order valence-electron chi connectivity index (χ4n) is 1.31. The van der Waals surface area contributed by atoms with E-state index in [1.807, 2.05) is 0 Å². The monoisotopic (exact) mass is 185 g/mol. The van der Waals surface area contributed by atoms with E-state index in [2.05, 4.69) is 43.7 Å². The van der Waals surface area contributed by atoms with Crippen LogP contribution in [0.4, 0.5) is 0 Å². The maximum atomic E-state index is 4.44. The van der Waals surface area contributed by atoms with E-state index in [0.717, 1.165) is 0 Å². The van der Waals surface area contributed by atoms with Gasteiger partial charge in [-0.3, -0.25) is 0 Å². The van der Waals surface area contributed by atoms with Crippen molar-refractivity contribution in [1.29, 1.82) is 0 Å². The minimum atomic E-state index is 0.527. The zero-order valence-electron chi connectivity index (χ0n) is 8.46. The largest absolute Gasteiger partial charge is 0.316 e. The summed E-state index contributed by atoms with van der Waals surface area (Å²) in [6.07, 6.45) is 0. The maximum Gasteiger partial charge on any atom is 0.316 e. The van der Waals surface area contributed by atoms with Crippen LogP contribution in [-0.2, 0) is 7.05 Å². The fourth-order valence-corrected chi connectivity index (χ4v) is 2.26. The zero-order valence-corrected chi connectivity index (χ0v) is 9.27. The highest BCUT2D eigenvalue weighted by Gasteiger charge is 2.22. The van der Waals surface area contributed by atoms with Crippen LogP contribution in [-0.4, -0.2) is 4.37 Å². The van der Waals surface area contributed by atoms with Crippen LogP contribution in [0.1, 0.15) is 50.4 Å². The van der Waals surface area contributed by atoms with Gasteiger partial charge in [-0.15, -0.1) is 0 Å². The number of aromatic nitrogens is 2. The Kier molecular flexibility index (Phi) is 2.83. The Bertz CT molecular complexity index is 238. The summed E-state index contributed by atoms with van der Waals surface area (Å²) in [6, 6.07) is 0.